The first-order chi connectivity index (χ1) is 8.48. The van der Waals surface area contributed by atoms with Crippen LogP contribution in [0.1, 0.15) is 13.3 Å². The van der Waals surface area contributed by atoms with Gasteiger partial charge in [-0.1, -0.05) is 6.92 Å². The van der Waals surface area contributed by atoms with Gasteiger partial charge in [-0.2, -0.15) is 0 Å². The smallest absolute Gasteiger partial charge is 0.225 e. The summed E-state index contributed by atoms with van der Waals surface area (Å²) in [5, 5.41) is 8.83. The fraction of sp³-hybridized carbons (Fsp3) is 0.909. The molecule has 0 unspecified atom stereocenters. The van der Waals surface area contributed by atoms with E-state index in [0.29, 0.717) is 13.1 Å². The second kappa shape index (κ2) is 5.14. The Morgan fingerprint density at radius 3 is 2.56 bits per heavy atom. The fourth-order valence-corrected chi connectivity index (χ4v) is 4.98. The highest BCUT2D eigenvalue weighted by molar-refractivity contribution is 7.91. The van der Waals surface area contributed by atoms with Crippen LogP contribution in [0.5, 0.6) is 0 Å². The largest absolute Gasteiger partial charge is 0.396 e. The molecule has 0 radical (unpaired) electrons. The van der Waals surface area contributed by atoms with Crippen molar-refractivity contribution in [2.75, 3.05) is 37.7 Å². The molecule has 6 nitrogen and oxygen atoms in total. The van der Waals surface area contributed by atoms with Crippen LogP contribution in [-0.4, -0.2) is 79.1 Å². The number of sulfone groups is 1. The third-order valence-corrected chi connectivity index (χ3v) is 5.54. The van der Waals surface area contributed by atoms with E-state index in [9.17, 15) is 13.2 Å². The molecule has 0 aromatic heterocycles. The van der Waals surface area contributed by atoms with E-state index in [4.69, 9.17) is 5.11 Å². The monoisotopic (exact) mass is 276 g/mol. The summed E-state index contributed by atoms with van der Waals surface area (Å²) in [5.41, 5.74) is 0. The van der Waals surface area contributed by atoms with Crippen LogP contribution in [0.3, 0.4) is 0 Å². The van der Waals surface area contributed by atoms with Crippen LogP contribution >= 0.6 is 0 Å². The molecule has 104 valence electrons. The molecular weight excluding hydrogens is 256 g/mol. The number of rotatable bonds is 3. The number of aliphatic hydroxyl groups excluding tert-OH is 1. The van der Waals surface area contributed by atoms with Crippen LogP contribution in [0.25, 0.3) is 0 Å². The molecule has 7 heteroatoms. The molecule has 0 spiro atoms. The Hall–Kier alpha value is -0.660. The first-order valence-electron chi connectivity index (χ1n) is 6.33. The number of hydrogen-bond acceptors (Lipinski definition) is 5. The minimum Gasteiger partial charge on any atom is -0.396 e. The fourth-order valence-electron chi connectivity index (χ4n) is 2.97. The van der Waals surface area contributed by atoms with Crippen LogP contribution in [0.15, 0.2) is 0 Å². The highest BCUT2D eigenvalue weighted by Crippen LogP contribution is 2.27. The zero-order chi connectivity index (χ0) is 13.3. The van der Waals surface area contributed by atoms with Gasteiger partial charge in [-0.3, -0.25) is 9.69 Å². The molecule has 1 amide bonds. The van der Waals surface area contributed by atoms with Crippen LogP contribution < -0.4 is 0 Å². The summed E-state index contributed by atoms with van der Waals surface area (Å²) < 4.78 is 23.5. The lowest BCUT2D eigenvalue weighted by Gasteiger charge is -2.43. The second-order valence-electron chi connectivity index (χ2n) is 4.90. The minimum absolute atomic E-state index is 0.0608. The zero-order valence-corrected chi connectivity index (χ0v) is 11.4. The van der Waals surface area contributed by atoms with E-state index < -0.39 is 9.84 Å². The first-order valence-corrected chi connectivity index (χ1v) is 8.15. The molecule has 0 aromatic rings. The van der Waals surface area contributed by atoms with E-state index >= 15 is 0 Å². The van der Waals surface area contributed by atoms with E-state index in [1.807, 2.05) is 6.92 Å². The van der Waals surface area contributed by atoms with Gasteiger partial charge < -0.3 is 10.0 Å². The van der Waals surface area contributed by atoms with Gasteiger partial charge in [-0.25, -0.2) is 8.42 Å². The number of nitrogens with zero attached hydrogens (tertiary/aromatic N) is 2. The molecule has 1 N–H and O–H groups in total. The van der Waals surface area contributed by atoms with Gasteiger partial charge in [0.2, 0.25) is 5.91 Å². The van der Waals surface area contributed by atoms with Crippen LogP contribution in [-0.2, 0) is 14.6 Å². The average molecular weight is 276 g/mol. The zero-order valence-electron chi connectivity index (χ0n) is 10.6. The lowest BCUT2D eigenvalue weighted by molar-refractivity contribution is -0.137. The van der Waals surface area contributed by atoms with Crippen LogP contribution in [0, 0.1) is 0 Å². The Balaban J connectivity index is 2.19. The lowest BCUT2D eigenvalue weighted by Crippen LogP contribution is -2.60. The summed E-state index contributed by atoms with van der Waals surface area (Å²) in [6.45, 7) is 3.90. The predicted molar refractivity (Wildman–Crippen MR) is 66.9 cm³/mol. The molecule has 2 aliphatic rings. The maximum Gasteiger partial charge on any atom is 0.225 e. The topological polar surface area (TPSA) is 77.9 Å². The Labute approximate surface area is 107 Å². The number of fused-ring (bicyclic) bond motifs is 1. The van der Waals surface area contributed by atoms with Gasteiger partial charge in [0, 0.05) is 25.6 Å². The number of likely N-dealkylation sites (N-methyl/N-ethyl adjacent to an activating group) is 1. The Bertz CT molecular complexity index is 423. The van der Waals surface area contributed by atoms with Crippen molar-refractivity contribution in [1.29, 1.82) is 0 Å². The van der Waals surface area contributed by atoms with Crippen molar-refractivity contribution >= 4 is 15.7 Å². The van der Waals surface area contributed by atoms with E-state index in [1.54, 1.807) is 4.90 Å². The van der Waals surface area contributed by atoms with Crippen LogP contribution in [0.2, 0.25) is 0 Å². The molecule has 2 saturated heterocycles. The highest BCUT2D eigenvalue weighted by Gasteiger charge is 2.47. The van der Waals surface area contributed by atoms with Crippen molar-refractivity contribution in [2.24, 2.45) is 0 Å². The molecule has 18 heavy (non-hydrogen) atoms. The van der Waals surface area contributed by atoms with E-state index in [-0.39, 0.29) is 42.5 Å². The Kier molecular flexibility index (Phi) is 3.93. The van der Waals surface area contributed by atoms with E-state index in [2.05, 4.69) is 4.90 Å². The number of piperazine rings is 1. The average Bonchev–Trinajstić information content (AvgIpc) is 2.62. The third kappa shape index (κ3) is 2.53. The molecule has 2 rings (SSSR count). The van der Waals surface area contributed by atoms with Crippen molar-refractivity contribution in [2.45, 2.75) is 25.4 Å². The summed E-state index contributed by atoms with van der Waals surface area (Å²) >= 11 is 0. The molecule has 0 saturated carbocycles. The first kappa shape index (κ1) is 13.8. The van der Waals surface area contributed by atoms with Crippen molar-refractivity contribution in [1.82, 2.24) is 9.80 Å². The van der Waals surface area contributed by atoms with Gasteiger partial charge in [0.1, 0.15) is 0 Å². The summed E-state index contributed by atoms with van der Waals surface area (Å²) in [5.74, 6) is 0.0695. The number of carbonyl (C=O) groups excluding carboxylic acids is 1. The molecule has 2 atom stereocenters. The maximum atomic E-state index is 11.9. The van der Waals surface area contributed by atoms with Gasteiger partial charge in [0.15, 0.2) is 9.84 Å². The maximum absolute atomic E-state index is 11.9. The van der Waals surface area contributed by atoms with Crippen molar-refractivity contribution < 1.29 is 18.3 Å². The predicted octanol–water partition coefficient (Wildman–Crippen LogP) is -1.30. The molecular formula is C11H20N2O4S. The minimum atomic E-state index is -3.05. The van der Waals surface area contributed by atoms with Gasteiger partial charge in [0.25, 0.3) is 0 Å². The molecule has 0 bridgehead atoms. The summed E-state index contributed by atoms with van der Waals surface area (Å²) in [6.07, 6.45) is 0.0788. The molecule has 2 aliphatic heterocycles. The van der Waals surface area contributed by atoms with E-state index in [1.165, 1.54) is 0 Å². The second-order valence-corrected chi connectivity index (χ2v) is 7.05. The number of hydrogen-bond donors (Lipinski definition) is 1. The summed E-state index contributed by atoms with van der Waals surface area (Å²) in [6, 6.07) is -0.306. The van der Waals surface area contributed by atoms with Crippen LogP contribution in [0.4, 0.5) is 0 Å². The SMILES string of the molecule is CCN1CCN(C(=O)CCO)[C@@H]2CS(=O)(=O)C[C@@H]21. The Morgan fingerprint density at radius 1 is 1.28 bits per heavy atom. The molecule has 0 aliphatic carbocycles. The van der Waals surface area contributed by atoms with Gasteiger partial charge in [0.05, 0.1) is 24.2 Å². The van der Waals surface area contributed by atoms with Gasteiger partial charge in [-0.05, 0) is 6.54 Å². The summed E-state index contributed by atoms with van der Waals surface area (Å²) in [7, 11) is -3.05. The molecule has 2 heterocycles. The Morgan fingerprint density at radius 2 is 1.94 bits per heavy atom. The molecule has 0 aromatic carbocycles. The molecule has 2 fully saturated rings. The standard InChI is InChI=1S/C11H20N2O4S/c1-2-12-4-5-13(11(15)3-6-14)10-8-18(16,17)7-9(10)12/h9-10,14H,2-8H2,1H3/t9-,10+/m0/s1. The van der Waals surface area contributed by atoms with E-state index in [0.717, 1.165) is 6.54 Å². The third-order valence-electron chi connectivity index (χ3n) is 3.84. The summed E-state index contributed by atoms with van der Waals surface area (Å²) in [4.78, 5) is 15.7. The lowest BCUT2D eigenvalue weighted by atomic mass is 10.0. The normalized spacial score (nSPS) is 31.3. The van der Waals surface area contributed by atoms with Crippen molar-refractivity contribution in [3.63, 3.8) is 0 Å². The van der Waals surface area contributed by atoms with Crippen molar-refractivity contribution in [3.05, 3.63) is 0 Å². The number of amides is 1. The highest BCUT2D eigenvalue weighted by atomic mass is 32.2. The number of carbonyl (C=O) groups is 1. The van der Waals surface area contributed by atoms with Gasteiger partial charge in [-0.15, -0.1) is 0 Å². The van der Waals surface area contributed by atoms with Gasteiger partial charge >= 0.3 is 0 Å². The quantitative estimate of drug-likeness (QED) is 0.693. The van der Waals surface area contributed by atoms with Crippen molar-refractivity contribution in [3.8, 4) is 0 Å². The number of aliphatic hydroxyl groups is 1.